The normalized spacial score (nSPS) is 11.3. The van der Waals surface area contributed by atoms with Crippen molar-refractivity contribution in [1.82, 2.24) is 9.36 Å². The minimum Gasteiger partial charge on any atom is -0.397 e. The molecule has 12 heteroatoms. The third-order valence-electron chi connectivity index (χ3n) is 2.29. The van der Waals surface area contributed by atoms with Crippen LogP contribution in [0.5, 0.6) is 0 Å². The molecule has 0 radical (unpaired) electrons. The number of aryl methyl sites for hydroxylation is 1. The Balaban J connectivity index is 2.47. The largest absolute Gasteiger partial charge is 0.397 e. The summed E-state index contributed by atoms with van der Waals surface area (Å²) < 4.78 is 43.8. The topological polar surface area (TPSA) is 141 Å². The van der Waals surface area contributed by atoms with E-state index in [0.717, 1.165) is 17.6 Å². The van der Waals surface area contributed by atoms with Gasteiger partial charge in [-0.2, -0.15) is 4.37 Å². The molecular formula is C9H8FN5O4S2. The van der Waals surface area contributed by atoms with Crippen LogP contribution in [0, 0.1) is 22.9 Å². The molecule has 0 saturated carbocycles. The highest BCUT2D eigenvalue weighted by molar-refractivity contribution is 7.93. The second-order valence-corrected chi connectivity index (χ2v) is 6.23. The third kappa shape index (κ3) is 3.05. The van der Waals surface area contributed by atoms with Gasteiger partial charge in [0.15, 0.2) is 5.82 Å². The summed E-state index contributed by atoms with van der Waals surface area (Å²) in [6, 6.07) is 1.25. The van der Waals surface area contributed by atoms with Crippen LogP contribution in [0.2, 0.25) is 0 Å². The number of nitro groups is 1. The number of non-ortho nitro benzene ring substituents is 1. The number of nitro benzene ring substituents is 1. The van der Waals surface area contributed by atoms with Gasteiger partial charge in [0.2, 0.25) is 5.13 Å². The standard InChI is InChI=1S/C9H8FN5O4S2/c1-4-12-9(20-13-4)14-21(18,19)8-6(10)2-5(15(16)17)3-7(8)11/h2-3H,11H2,1H3,(H,12,13,14). The molecule has 1 aromatic heterocycles. The van der Waals surface area contributed by atoms with Crippen molar-refractivity contribution in [3.05, 3.63) is 33.9 Å². The van der Waals surface area contributed by atoms with Gasteiger partial charge in [0.05, 0.1) is 16.7 Å². The summed E-state index contributed by atoms with van der Waals surface area (Å²) in [7, 11) is -4.37. The second-order valence-electron chi connectivity index (χ2n) is 3.86. The lowest BCUT2D eigenvalue weighted by atomic mass is 10.3. The molecule has 0 aliphatic rings. The molecule has 2 rings (SSSR count). The van der Waals surface area contributed by atoms with Gasteiger partial charge in [0, 0.05) is 17.6 Å². The van der Waals surface area contributed by atoms with Crippen molar-refractivity contribution in [3.8, 4) is 0 Å². The molecule has 0 fully saturated rings. The molecule has 0 atom stereocenters. The highest BCUT2D eigenvalue weighted by Gasteiger charge is 2.26. The Morgan fingerprint density at radius 3 is 2.62 bits per heavy atom. The predicted octanol–water partition coefficient (Wildman–Crippen LogP) is 1.28. The molecule has 0 aliphatic heterocycles. The first-order valence-corrected chi connectivity index (χ1v) is 7.53. The number of hydrogen-bond donors (Lipinski definition) is 2. The number of sulfonamides is 1. The highest BCUT2D eigenvalue weighted by atomic mass is 32.2. The molecule has 112 valence electrons. The highest BCUT2D eigenvalue weighted by Crippen LogP contribution is 2.29. The maximum atomic E-state index is 13.8. The predicted molar refractivity (Wildman–Crippen MR) is 72.9 cm³/mol. The van der Waals surface area contributed by atoms with Crippen molar-refractivity contribution in [1.29, 1.82) is 0 Å². The van der Waals surface area contributed by atoms with Gasteiger partial charge in [-0.25, -0.2) is 17.8 Å². The van der Waals surface area contributed by atoms with Gasteiger partial charge in [0.1, 0.15) is 10.7 Å². The number of nitrogens with two attached hydrogens (primary N) is 1. The molecule has 0 unspecified atom stereocenters. The zero-order valence-electron chi connectivity index (χ0n) is 10.4. The number of rotatable bonds is 4. The monoisotopic (exact) mass is 333 g/mol. The summed E-state index contributed by atoms with van der Waals surface area (Å²) in [5, 5.41) is 10.5. The zero-order valence-corrected chi connectivity index (χ0v) is 12.0. The first-order valence-electron chi connectivity index (χ1n) is 5.27. The Kier molecular flexibility index (Phi) is 3.74. The minimum atomic E-state index is -4.37. The summed E-state index contributed by atoms with van der Waals surface area (Å²) in [6.07, 6.45) is 0. The molecule has 0 bridgehead atoms. The van der Waals surface area contributed by atoms with E-state index in [-0.39, 0.29) is 5.13 Å². The molecule has 2 aromatic rings. The molecule has 0 saturated heterocycles. The fraction of sp³-hybridized carbons (Fsp3) is 0.111. The molecule has 1 aromatic carbocycles. The summed E-state index contributed by atoms with van der Waals surface area (Å²) in [5.74, 6) is -0.981. The Morgan fingerprint density at radius 2 is 2.14 bits per heavy atom. The molecule has 0 spiro atoms. The average Bonchev–Trinajstić information content (AvgIpc) is 2.72. The second kappa shape index (κ2) is 5.21. The van der Waals surface area contributed by atoms with E-state index < -0.39 is 37.0 Å². The lowest BCUT2D eigenvalue weighted by Gasteiger charge is -2.08. The lowest BCUT2D eigenvalue weighted by Crippen LogP contribution is -2.16. The summed E-state index contributed by atoms with van der Waals surface area (Å²) in [5.41, 5.74) is 4.19. The number of halogens is 1. The number of anilines is 2. The Bertz CT molecular complexity index is 796. The fourth-order valence-corrected chi connectivity index (χ4v) is 3.47. The van der Waals surface area contributed by atoms with Crippen molar-refractivity contribution in [2.24, 2.45) is 0 Å². The van der Waals surface area contributed by atoms with E-state index >= 15 is 0 Å². The molecular weight excluding hydrogens is 325 g/mol. The van der Waals surface area contributed by atoms with Crippen LogP contribution in [0.25, 0.3) is 0 Å². The van der Waals surface area contributed by atoms with Crippen molar-refractivity contribution in [3.63, 3.8) is 0 Å². The Morgan fingerprint density at radius 1 is 1.48 bits per heavy atom. The van der Waals surface area contributed by atoms with E-state index in [1.165, 1.54) is 0 Å². The van der Waals surface area contributed by atoms with E-state index in [0.29, 0.717) is 11.9 Å². The number of benzene rings is 1. The molecule has 0 amide bonds. The van der Waals surface area contributed by atoms with Crippen LogP contribution in [-0.4, -0.2) is 22.7 Å². The number of nitrogens with zero attached hydrogens (tertiary/aromatic N) is 3. The zero-order chi connectivity index (χ0) is 15.8. The summed E-state index contributed by atoms with van der Waals surface area (Å²) in [6.45, 7) is 1.55. The quantitative estimate of drug-likeness (QED) is 0.487. The van der Waals surface area contributed by atoms with Gasteiger partial charge in [0.25, 0.3) is 15.7 Å². The van der Waals surface area contributed by atoms with Crippen LogP contribution in [-0.2, 0) is 10.0 Å². The van der Waals surface area contributed by atoms with Gasteiger partial charge < -0.3 is 5.73 Å². The maximum Gasteiger partial charge on any atom is 0.274 e. The smallest absolute Gasteiger partial charge is 0.274 e. The van der Waals surface area contributed by atoms with Crippen LogP contribution in [0.15, 0.2) is 17.0 Å². The van der Waals surface area contributed by atoms with Gasteiger partial charge in [-0.3, -0.25) is 14.8 Å². The number of hydrogen-bond acceptors (Lipinski definition) is 8. The molecule has 0 aliphatic carbocycles. The molecule has 3 N–H and O–H groups in total. The third-order valence-corrected chi connectivity index (χ3v) is 4.57. The average molecular weight is 333 g/mol. The number of nitrogens with one attached hydrogen (secondary N) is 1. The Labute approximate surface area is 122 Å². The fourth-order valence-electron chi connectivity index (χ4n) is 1.49. The first-order chi connectivity index (χ1) is 9.70. The Hall–Kier alpha value is -2.34. The number of aromatic nitrogens is 2. The van der Waals surface area contributed by atoms with E-state index in [9.17, 15) is 22.9 Å². The maximum absolute atomic E-state index is 13.8. The first kappa shape index (κ1) is 15.1. The lowest BCUT2D eigenvalue weighted by molar-refractivity contribution is -0.385. The van der Waals surface area contributed by atoms with Gasteiger partial charge in [-0.15, -0.1) is 0 Å². The minimum absolute atomic E-state index is 0.0651. The van der Waals surface area contributed by atoms with Crippen molar-refractivity contribution in [2.75, 3.05) is 10.5 Å². The van der Waals surface area contributed by atoms with Crippen LogP contribution < -0.4 is 10.5 Å². The van der Waals surface area contributed by atoms with Crippen LogP contribution in [0.3, 0.4) is 0 Å². The van der Waals surface area contributed by atoms with Gasteiger partial charge >= 0.3 is 0 Å². The van der Waals surface area contributed by atoms with E-state index in [1.807, 2.05) is 4.72 Å². The van der Waals surface area contributed by atoms with Crippen LogP contribution in [0.1, 0.15) is 5.82 Å². The number of nitrogen functional groups attached to an aromatic ring is 1. The van der Waals surface area contributed by atoms with E-state index in [2.05, 4.69) is 9.36 Å². The van der Waals surface area contributed by atoms with Gasteiger partial charge in [-0.1, -0.05) is 0 Å². The van der Waals surface area contributed by atoms with Gasteiger partial charge in [-0.05, 0) is 6.92 Å². The summed E-state index contributed by atoms with van der Waals surface area (Å²) in [4.78, 5) is 12.6. The van der Waals surface area contributed by atoms with Crippen molar-refractivity contribution in [2.45, 2.75) is 11.8 Å². The molecule has 21 heavy (non-hydrogen) atoms. The van der Waals surface area contributed by atoms with E-state index in [1.54, 1.807) is 6.92 Å². The molecule has 9 nitrogen and oxygen atoms in total. The van der Waals surface area contributed by atoms with Crippen molar-refractivity contribution >= 4 is 38.1 Å². The van der Waals surface area contributed by atoms with E-state index in [4.69, 9.17) is 5.73 Å². The van der Waals surface area contributed by atoms with Crippen molar-refractivity contribution < 1.29 is 17.7 Å². The summed E-state index contributed by atoms with van der Waals surface area (Å²) >= 11 is 0.768. The van der Waals surface area contributed by atoms with Crippen LogP contribution >= 0.6 is 11.5 Å². The molecule has 1 heterocycles. The SMILES string of the molecule is Cc1nsc(NS(=O)(=O)c2c(N)cc([N+](=O)[O-])cc2F)n1. The van der Waals surface area contributed by atoms with Crippen LogP contribution in [0.4, 0.5) is 20.9 Å².